The summed E-state index contributed by atoms with van der Waals surface area (Å²) < 4.78 is 11.0. The second-order valence-electron chi connectivity index (χ2n) is 6.48. The quantitative estimate of drug-likeness (QED) is 0.230. The number of carbonyl (C=O) groups excluding carboxylic acids is 1. The van der Waals surface area contributed by atoms with Crippen molar-refractivity contribution in [3.05, 3.63) is 106 Å². The molecule has 0 radical (unpaired) electrons. The molecule has 0 bridgehead atoms. The number of hydrogen-bond acceptors (Lipinski definition) is 6. The van der Waals surface area contributed by atoms with Crippen molar-refractivity contribution in [3.63, 3.8) is 0 Å². The van der Waals surface area contributed by atoms with E-state index in [0.29, 0.717) is 17.9 Å². The van der Waals surface area contributed by atoms with Crippen LogP contribution in [0.3, 0.4) is 0 Å². The zero-order valence-corrected chi connectivity index (χ0v) is 16.3. The second kappa shape index (κ2) is 9.97. The number of nitro groups is 1. The van der Waals surface area contributed by atoms with Crippen molar-refractivity contribution in [2.24, 2.45) is 0 Å². The fourth-order valence-electron chi connectivity index (χ4n) is 2.66. The SMILES string of the molecule is CC(OC(=O)/C=C/c1ccc(OCc2cccnc2)cc1)c1cccc([N+](=O)[O-])c1. The molecule has 0 fully saturated rings. The van der Waals surface area contributed by atoms with E-state index in [4.69, 9.17) is 9.47 Å². The second-order valence-corrected chi connectivity index (χ2v) is 6.48. The molecule has 2 aromatic carbocycles. The number of non-ortho nitro benzene ring substituents is 1. The number of nitrogens with zero attached hydrogens (tertiary/aromatic N) is 2. The van der Waals surface area contributed by atoms with Gasteiger partial charge in [0.15, 0.2) is 0 Å². The Balaban J connectivity index is 1.53. The minimum absolute atomic E-state index is 0.0447. The van der Waals surface area contributed by atoms with Crippen LogP contribution in [0.15, 0.2) is 79.1 Å². The first-order chi connectivity index (χ1) is 14.5. The Morgan fingerprint density at radius 1 is 1.17 bits per heavy atom. The molecule has 1 atom stereocenters. The van der Waals surface area contributed by atoms with Crippen molar-refractivity contribution in [2.75, 3.05) is 0 Å². The molecule has 3 rings (SSSR count). The van der Waals surface area contributed by atoms with Crippen LogP contribution in [0.5, 0.6) is 5.75 Å². The molecular weight excluding hydrogens is 384 g/mol. The Kier molecular flexibility index (Phi) is 6.89. The van der Waals surface area contributed by atoms with Crippen molar-refractivity contribution in [1.29, 1.82) is 0 Å². The molecule has 7 heteroatoms. The minimum Gasteiger partial charge on any atom is -0.489 e. The molecule has 0 spiro atoms. The molecule has 0 amide bonds. The third-order valence-corrected chi connectivity index (χ3v) is 4.26. The first-order valence-electron chi connectivity index (χ1n) is 9.26. The topological polar surface area (TPSA) is 91.6 Å². The first kappa shape index (κ1) is 20.7. The van der Waals surface area contributed by atoms with Gasteiger partial charge >= 0.3 is 5.97 Å². The normalized spacial score (nSPS) is 11.8. The molecule has 3 aromatic rings. The van der Waals surface area contributed by atoms with Gasteiger partial charge in [0.25, 0.3) is 5.69 Å². The van der Waals surface area contributed by atoms with E-state index in [-0.39, 0.29) is 5.69 Å². The van der Waals surface area contributed by atoms with Gasteiger partial charge in [0.1, 0.15) is 18.5 Å². The Morgan fingerprint density at radius 2 is 1.97 bits per heavy atom. The first-order valence-corrected chi connectivity index (χ1v) is 9.26. The minimum atomic E-state index is -0.606. The fourth-order valence-corrected chi connectivity index (χ4v) is 2.66. The van der Waals surface area contributed by atoms with E-state index >= 15 is 0 Å². The third kappa shape index (κ3) is 6.00. The summed E-state index contributed by atoms with van der Waals surface area (Å²) in [5.74, 6) is 0.170. The lowest BCUT2D eigenvalue weighted by molar-refractivity contribution is -0.385. The maximum Gasteiger partial charge on any atom is 0.331 e. The van der Waals surface area contributed by atoms with Gasteiger partial charge in [-0.15, -0.1) is 0 Å². The summed E-state index contributed by atoms with van der Waals surface area (Å²) in [6.07, 6.45) is 5.80. The van der Waals surface area contributed by atoms with Crippen LogP contribution >= 0.6 is 0 Å². The molecule has 1 unspecified atom stereocenters. The van der Waals surface area contributed by atoms with Gasteiger partial charge in [-0.05, 0) is 42.3 Å². The lowest BCUT2D eigenvalue weighted by atomic mass is 10.1. The Morgan fingerprint density at radius 3 is 2.67 bits per heavy atom. The number of aromatic nitrogens is 1. The molecular formula is C23H20N2O5. The Labute approximate surface area is 173 Å². The predicted molar refractivity (Wildman–Crippen MR) is 112 cm³/mol. The average molecular weight is 404 g/mol. The monoisotopic (exact) mass is 404 g/mol. The standard InChI is InChI=1S/C23H20N2O5/c1-17(20-5-2-6-21(14-20)25(27)28)30-23(26)12-9-18-7-10-22(11-8-18)29-16-19-4-3-13-24-15-19/h2-15,17H,16H2,1H3/b12-9+. The largest absolute Gasteiger partial charge is 0.489 e. The number of esters is 1. The Bertz CT molecular complexity index is 1030. The highest BCUT2D eigenvalue weighted by Crippen LogP contribution is 2.22. The van der Waals surface area contributed by atoms with Crippen LogP contribution < -0.4 is 4.74 Å². The van der Waals surface area contributed by atoms with Gasteiger partial charge in [-0.25, -0.2) is 4.79 Å². The summed E-state index contributed by atoms with van der Waals surface area (Å²) in [4.78, 5) is 26.5. The van der Waals surface area contributed by atoms with E-state index in [1.54, 1.807) is 37.5 Å². The number of rotatable bonds is 8. The summed E-state index contributed by atoms with van der Waals surface area (Å²) >= 11 is 0. The van der Waals surface area contributed by atoms with Gasteiger partial charge in [-0.3, -0.25) is 15.1 Å². The highest BCUT2D eigenvalue weighted by atomic mass is 16.6. The van der Waals surface area contributed by atoms with E-state index in [9.17, 15) is 14.9 Å². The van der Waals surface area contributed by atoms with Crippen molar-refractivity contribution in [2.45, 2.75) is 19.6 Å². The summed E-state index contributed by atoms with van der Waals surface area (Å²) in [6.45, 7) is 2.09. The fraction of sp³-hybridized carbons (Fsp3) is 0.130. The number of nitro benzene ring substituents is 1. The van der Waals surface area contributed by atoms with Crippen LogP contribution in [0.4, 0.5) is 5.69 Å². The number of carbonyl (C=O) groups is 1. The molecule has 0 saturated carbocycles. The summed E-state index contributed by atoms with van der Waals surface area (Å²) in [7, 11) is 0. The van der Waals surface area contributed by atoms with Gasteiger partial charge < -0.3 is 9.47 Å². The maximum absolute atomic E-state index is 12.1. The maximum atomic E-state index is 12.1. The van der Waals surface area contributed by atoms with Gasteiger partial charge in [0, 0.05) is 36.2 Å². The van der Waals surface area contributed by atoms with E-state index < -0.39 is 17.0 Å². The number of benzene rings is 2. The van der Waals surface area contributed by atoms with Crippen molar-refractivity contribution in [3.8, 4) is 5.75 Å². The molecule has 0 aliphatic rings. The van der Waals surface area contributed by atoms with E-state index in [0.717, 1.165) is 11.1 Å². The Hall–Kier alpha value is -4.00. The van der Waals surface area contributed by atoms with Crippen LogP contribution in [0, 0.1) is 10.1 Å². The molecule has 0 aliphatic carbocycles. The highest BCUT2D eigenvalue weighted by molar-refractivity contribution is 5.87. The lowest BCUT2D eigenvalue weighted by Crippen LogP contribution is -2.06. The van der Waals surface area contributed by atoms with E-state index in [1.165, 1.54) is 18.2 Å². The van der Waals surface area contributed by atoms with Crippen molar-refractivity contribution in [1.82, 2.24) is 4.98 Å². The van der Waals surface area contributed by atoms with Gasteiger partial charge in [-0.1, -0.05) is 30.3 Å². The van der Waals surface area contributed by atoms with Gasteiger partial charge in [-0.2, -0.15) is 0 Å². The third-order valence-electron chi connectivity index (χ3n) is 4.26. The molecule has 1 aromatic heterocycles. The number of ether oxygens (including phenoxy) is 2. The van der Waals surface area contributed by atoms with Crippen molar-refractivity contribution >= 4 is 17.7 Å². The summed E-state index contributed by atoms with van der Waals surface area (Å²) in [5.41, 5.74) is 2.30. The van der Waals surface area contributed by atoms with Crippen LogP contribution in [-0.2, 0) is 16.1 Å². The zero-order valence-electron chi connectivity index (χ0n) is 16.3. The van der Waals surface area contributed by atoms with Crippen LogP contribution in [0.25, 0.3) is 6.08 Å². The highest BCUT2D eigenvalue weighted by Gasteiger charge is 2.13. The summed E-state index contributed by atoms with van der Waals surface area (Å²) in [5, 5.41) is 10.9. The van der Waals surface area contributed by atoms with Crippen LogP contribution in [0.2, 0.25) is 0 Å². The van der Waals surface area contributed by atoms with Crippen molar-refractivity contribution < 1.29 is 19.2 Å². The van der Waals surface area contributed by atoms with E-state index in [2.05, 4.69) is 4.98 Å². The molecule has 30 heavy (non-hydrogen) atoms. The molecule has 1 heterocycles. The number of hydrogen-bond donors (Lipinski definition) is 0. The van der Waals surface area contributed by atoms with Gasteiger partial charge in [0.2, 0.25) is 0 Å². The molecule has 0 N–H and O–H groups in total. The van der Waals surface area contributed by atoms with Crippen LogP contribution in [-0.4, -0.2) is 15.9 Å². The molecule has 7 nitrogen and oxygen atoms in total. The average Bonchev–Trinajstić information content (AvgIpc) is 2.77. The van der Waals surface area contributed by atoms with Gasteiger partial charge in [0.05, 0.1) is 4.92 Å². The molecule has 0 aliphatic heterocycles. The molecule has 152 valence electrons. The lowest BCUT2D eigenvalue weighted by Gasteiger charge is -2.11. The summed E-state index contributed by atoms with van der Waals surface area (Å²) in [6, 6.07) is 17.1. The zero-order chi connectivity index (χ0) is 21.3. The number of pyridine rings is 1. The van der Waals surface area contributed by atoms with Crippen LogP contribution in [0.1, 0.15) is 29.7 Å². The predicted octanol–water partition coefficient (Wildman–Crippen LogP) is 4.89. The van der Waals surface area contributed by atoms with E-state index in [1.807, 2.05) is 36.4 Å². The molecule has 0 saturated heterocycles. The smallest absolute Gasteiger partial charge is 0.331 e.